The molecule has 1 heterocycles. The highest BCUT2D eigenvalue weighted by Gasteiger charge is 2.26. The van der Waals surface area contributed by atoms with Crippen molar-refractivity contribution in [2.24, 2.45) is 5.92 Å². The highest BCUT2D eigenvalue weighted by molar-refractivity contribution is 4.88. The molecule has 1 atom stereocenters. The summed E-state index contributed by atoms with van der Waals surface area (Å²) in [6.07, 6.45) is 2.60. The second-order valence-corrected chi connectivity index (χ2v) is 6.18. The molecule has 2 nitrogen and oxygen atoms in total. The van der Waals surface area contributed by atoms with E-state index < -0.39 is 0 Å². The Balaban J connectivity index is 2.44. The second-order valence-electron chi connectivity index (χ2n) is 6.18. The topological polar surface area (TPSA) is 15.3 Å². The van der Waals surface area contributed by atoms with Gasteiger partial charge in [-0.1, -0.05) is 13.8 Å². The normalized spacial score (nSPS) is 28.0. The molecule has 0 aromatic carbocycles. The van der Waals surface area contributed by atoms with Gasteiger partial charge < -0.3 is 10.2 Å². The van der Waals surface area contributed by atoms with Crippen molar-refractivity contribution >= 4 is 0 Å². The smallest absolute Gasteiger partial charge is 0.0254 e. The van der Waals surface area contributed by atoms with E-state index in [0.717, 1.165) is 5.92 Å². The monoisotopic (exact) mass is 212 g/mol. The summed E-state index contributed by atoms with van der Waals surface area (Å²) >= 11 is 0. The number of nitrogens with one attached hydrogen (secondary N) is 1. The molecule has 1 fully saturated rings. The molecule has 0 spiro atoms. The molecule has 0 amide bonds. The summed E-state index contributed by atoms with van der Waals surface area (Å²) in [5.74, 6) is 0.821. The van der Waals surface area contributed by atoms with Gasteiger partial charge in [0.05, 0.1) is 0 Å². The van der Waals surface area contributed by atoms with E-state index in [1.807, 2.05) is 0 Å². The van der Waals surface area contributed by atoms with Crippen molar-refractivity contribution in [2.75, 3.05) is 19.6 Å². The zero-order valence-corrected chi connectivity index (χ0v) is 11.1. The lowest BCUT2D eigenvalue weighted by atomic mass is 10.0. The first-order valence-corrected chi connectivity index (χ1v) is 6.39. The number of nitrogens with zero attached hydrogens (tertiary/aromatic N) is 1. The van der Waals surface area contributed by atoms with Crippen LogP contribution in [0.5, 0.6) is 0 Å². The zero-order chi connectivity index (χ0) is 11.5. The van der Waals surface area contributed by atoms with Crippen LogP contribution in [0.2, 0.25) is 0 Å². The summed E-state index contributed by atoms with van der Waals surface area (Å²) < 4.78 is 0. The molecular formula is C13H28N2. The van der Waals surface area contributed by atoms with E-state index in [1.165, 1.54) is 32.5 Å². The highest BCUT2D eigenvalue weighted by Crippen LogP contribution is 2.15. The van der Waals surface area contributed by atoms with E-state index in [2.05, 4.69) is 44.8 Å². The lowest BCUT2D eigenvalue weighted by molar-refractivity contribution is 0.219. The quantitative estimate of drug-likeness (QED) is 0.773. The third kappa shape index (κ3) is 4.98. The predicted octanol–water partition coefficient (Wildman–Crippen LogP) is 2.49. The molecule has 2 heteroatoms. The van der Waals surface area contributed by atoms with Gasteiger partial charge >= 0.3 is 0 Å². The molecule has 15 heavy (non-hydrogen) atoms. The fraction of sp³-hybridized carbons (Fsp3) is 1.00. The Morgan fingerprint density at radius 3 is 2.67 bits per heavy atom. The zero-order valence-electron chi connectivity index (χ0n) is 11.1. The molecule has 1 unspecified atom stereocenters. The third-order valence-corrected chi connectivity index (χ3v) is 3.16. The summed E-state index contributed by atoms with van der Waals surface area (Å²) in [4.78, 5) is 2.62. The summed E-state index contributed by atoms with van der Waals surface area (Å²) in [5, 5.41) is 3.69. The van der Waals surface area contributed by atoms with Crippen molar-refractivity contribution < 1.29 is 0 Å². The first-order valence-electron chi connectivity index (χ1n) is 6.39. The predicted molar refractivity (Wildman–Crippen MR) is 67.2 cm³/mol. The van der Waals surface area contributed by atoms with Gasteiger partial charge in [0.25, 0.3) is 0 Å². The van der Waals surface area contributed by atoms with Gasteiger partial charge in [-0.2, -0.15) is 0 Å². The van der Waals surface area contributed by atoms with E-state index in [1.54, 1.807) is 0 Å². The molecule has 1 rings (SSSR count). The van der Waals surface area contributed by atoms with Gasteiger partial charge in [0.2, 0.25) is 0 Å². The Morgan fingerprint density at radius 2 is 2.07 bits per heavy atom. The molecule has 1 aliphatic rings. The van der Waals surface area contributed by atoms with Crippen LogP contribution in [0.1, 0.15) is 47.5 Å². The van der Waals surface area contributed by atoms with E-state index in [4.69, 9.17) is 0 Å². The van der Waals surface area contributed by atoms with Crippen molar-refractivity contribution in [1.82, 2.24) is 10.2 Å². The molecule has 0 bridgehead atoms. The van der Waals surface area contributed by atoms with Crippen molar-refractivity contribution in [3.8, 4) is 0 Å². The van der Waals surface area contributed by atoms with Crippen molar-refractivity contribution in [2.45, 2.75) is 59.0 Å². The summed E-state index contributed by atoms with van der Waals surface area (Å²) in [7, 11) is 0. The lowest BCUT2D eigenvalue weighted by Gasteiger charge is -2.31. The van der Waals surface area contributed by atoms with Crippen LogP contribution in [0, 0.1) is 5.92 Å². The minimum atomic E-state index is 0.271. The van der Waals surface area contributed by atoms with Crippen LogP contribution in [-0.2, 0) is 0 Å². The molecule has 0 aromatic rings. The third-order valence-electron chi connectivity index (χ3n) is 3.16. The van der Waals surface area contributed by atoms with E-state index >= 15 is 0 Å². The van der Waals surface area contributed by atoms with Gasteiger partial charge in [0, 0.05) is 18.1 Å². The average molecular weight is 212 g/mol. The highest BCUT2D eigenvalue weighted by atomic mass is 15.2. The Bertz CT molecular complexity index is 187. The maximum Gasteiger partial charge on any atom is 0.0254 e. The Kier molecular flexibility index (Phi) is 4.60. The molecule has 1 N–H and O–H groups in total. The molecule has 0 aliphatic carbocycles. The van der Waals surface area contributed by atoms with E-state index in [9.17, 15) is 0 Å². The van der Waals surface area contributed by atoms with Crippen molar-refractivity contribution in [1.29, 1.82) is 0 Å². The number of rotatable bonds is 3. The van der Waals surface area contributed by atoms with Crippen LogP contribution >= 0.6 is 0 Å². The number of hydrogen-bond donors (Lipinski definition) is 1. The van der Waals surface area contributed by atoms with E-state index in [0.29, 0.717) is 6.04 Å². The fourth-order valence-corrected chi connectivity index (χ4v) is 2.43. The van der Waals surface area contributed by atoms with Gasteiger partial charge in [0.1, 0.15) is 0 Å². The Morgan fingerprint density at radius 1 is 1.40 bits per heavy atom. The van der Waals surface area contributed by atoms with Gasteiger partial charge in [-0.05, 0) is 52.6 Å². The first kappa shape index (κ1) is 13.0. The molecule has 1 saturated heterocycles. The standard InChI is InChI=1S/C13H28N2/c1-11(2)6-8-15-9-7-12(3)14-13(4,5)10-15/h11-12,14H,6-10H2,1-5H3. The van der Waals surface area contributed by atoms with Crippen LogP contribution in [0.4, 0.5) is 0 Å². The molecular weight excluding hydrogens is 184 g/mol. The van der Waals surface area contributed by atoms with Crippen molar-refractivity contribution in [3.05, 3.63) is 0 Å². The molecule has 0 saturated carbocycles. The molecule has 0 radical (unpaired) electrons. The van der Waals surface area contributed by atoms with Crippen LogP contribution in [0.15, 0.2) is 0 Å². The van der Waals surface area contributed by atoms with Crippen LogP contribution in [-0.4, -0.2) is 36.1 Å². The molecule has 0 aromatic heterocycles. The van der Waals surface area contributed by atoms with Gasteiger partial charge in [-0.3, -0.25) is 0 Å². The van der Waals surface area contributed by atoms with E-state index in [-0.39, 0.29) is 5.54 Å². The van der Waals surface area contributed by atoms with Gasteiger partial charge in [-0.25, -0.2) is 0 Å². The summed E-state index contributed by atoms with van der Waals surface area (Å²) in [5.41, 5.74) is 0.271. The van der Waals surface area contributed by atoms with Gasteiger partial charge in [0.15, 0.2) is 0 Å². The summed E-state index contributed by atoms with van der Waals surface area (Å²) in [6, 6.07) is 0.657. The summed E-state index contributed by atoms with van der Waals surface area (Å²) in [6.45, 7) is 15.2. The maximum atomic E-state index is 3.69. The lowest BCUT2D eigenvalue weighted by Crippen LogP contribution is -2.48. The second kappa shape index (κ2) is 5.31. The molecule has 1 aliphatic heterocycles. The number of hydrogen-bond acceptors (Lipinski definition) is 2. The first-order chi connectivity index (χ1) is 6.89. The van der Waals surface area contributed by atoms with Crippen LogP contribution < -0.4 is 5.32 Å². The van der Waals surface area contributed by atoms with Crippen LogP contribution in [0.25, 0.3) is 0 Å². The molecule has 90 valence electrons. The fourth-order valence-electron chi connectivity index (χ4n) is 2.43. The Labute approximate surface area is 95.4 Å². The maximum absolute atomic E-state index is 3.69. The minimum Gasteiger partial charge on any atom is -0.308 e. The van der Waals surface area contributed by atoms with Crippen LogP contribution in [0.3, 0.4) is 0 Å². The minimum absolute atomic E-state index is 0.271. The van der Waals surface area contributed by atoms with Gasteiger partial charge in [-0.15, -0.1) is 0 Å². The largest absolute Gasteiger partial charge is 0.308 e. The SMILES string of the molecule is CC(C)CCN1CCC(C)NC(C)(C)C1. The van der Waals surface area contributed by atoms with Crippen molar-refractivity contribution in [3.63, 3.8) is 0 Å². The Hall–Kier alpha value is -0.0800. The average Bonchev–Trinajstić information content (AvgIpc) is 2.20.